The smallest absolute Gasteiger partial charge is 0.220 e. The average Bonchev–Trinajstić information content (AvgIpc) is 2.63. The molecule has 4 nitrogen and oxygen atoms in total. The minimum atomic E-state index is 0. The molecule has 2 heterocycles. The number of para-hydroxylation sites is 1. The van der Waals surface area contributed by atoms with Crippen LogP contribution in [0.3, 0.4) is 0 Å². The van der Waals surface area contributed by atoms with E-state index in [0.717, 1.165) is 39.0 Å². The van der Waals surface area contributed by atoms with Gasteiger partial charge in [-0.15, -0.1) is 24.8 Å². The van der Waals surface area contributed by atoms with Gasteiger partial charge in [0.25, 0.3) is 0 Å². The molecule has 3 atom stereocenters. The van der Waals surface area contributed by atoms with Gasteiger partial charge in [-0.1, -0.05) is 25.1 Å². The Balaban J connectivity index is 0.00000169. The Bertz CT molecular complexity index is 523. The van der Waals surface area contributed by atoms with Crippen molar-refractivity contribution < 1.29 is 4.79 Å². The molecule has 2 N–H and O–H groups in total. The van der Waals surface area contributed by atoms with E-state index in [2.05, 4.69) is 46.7 Å². The first kappa shape index (κ1) is 23.1. The van der Waals surface area contributed by atoms with Crippen LogP contribution >= 0.6 is 24.8 Å². The zero-order valence-electron chi connectivity index (χ0n) is 15.7. The number of carbonyl (C=O) groups is 1. The summed E-state index contributed by atoms with van der Waals surface area (Å²) in [5, 5.41) is 6.74. The summed E-state index contributed by atoms with van der Waals surface area (Å²) in [6.07, 6.45) is 5.39. The number of benzene rings is 1. The predicted octanol–water partition coefficient (Wildman–Crippen LogP) is 3.64. The maximum atomic E-state index is 12.5. The number of anilines is 1. The lowest BCUT2D eigenvalue weighted by molar-refractivity contribution is -0.123. The number of nitrogens with one attached hydrogen (secondary N) is 2. The van der Waals surface area contributed by atoms with Gasteiger partial charge in [0.05, 0.1) is 0 Å². The Labute approximate surface area is 170 Å². The third-order valence-electron chi connectivity index (χ3n) is 5.55. The number of piperidine rings is 2. The molecule has 0 aromatic heterocycles. The Morgan fingerprint density at radius 1 is 1.23 bits per heavy atom. The molecule has 3 unspecified atom stereocenters. The number of halogens is 2. The van der Waals surface area contributed by atoms with Crippen LogP contribution in [-0.2, 0) is 4.79 Å². The fourth-order valence-corrected chi connectivity index (χ4v) is 4.08. The molecule has 1 aromatic rings. The lowest BCUT2D eigenvalue weighted by Gasteiger charge is -2.35. The first-order valence-corrected chi connectivity index (χ1v) is 9.52. The summed E-state index contributed by atoms with van der Waals surface area (Å²) >= 11 is 0. The summed E-state index contributed by atoms with van der Waals surface area (Å²) in [4.78, 5) is 14.8. The van der Waals surface area contributed by atoms with Crippen molar-refractivity contribution in [2.45, 2.75) is 45.1 Å². The number of carbonyl (C=O) groups excluding carboxylic acids is 1. The van der Waals surface area contributed by atoms with Crippen molar-refractivity contribution in [1.29, 1.82) is 0 Å². The van der Waals surface area contributed by atoms with Gasteiger partial charge in [-0.25, -0.2) is 0 Å². The maximum absolute atomic E-state index is 12.5. The molecular formula is C20H33Cl2N3O. The zero-order valence-corrected chi connectivity index (χ0v) is 17.3. The number of hydrogen-bond acceptors (Lipinski definition) is 3. The topological polar surface area (TPSA) is 44.4 Å². The van der Waals surface area contributed by atoms with Crippen molar-refractivity contribution in [3.05, 3.63) is 30.3 Å². The van der Waals surface area contributed by atoms with Crippen LogP contribution < -0.4 is 15.5 Å². The lowest BCUT2D eigenvalue weighted by atomic mass is 9.85. The van der Waals surface area contributed by atoms with Gasteiger partial charge < -0.3 is 15.5 Å². The third kappa shape index (κ3) is 6.64. The zero-order chi connectivity index (χ0) is 16.8. The Morgan fingerprint density at radius 2 is 2.00 bits per heavy atom. The SMILES string of the molecule is CC(CC(=O)NC1CCCN(c2ccccc2)C1)C1CCCNC1.Cl.Cl. The van der Waals surface area contributed by atoms with E-state index >= 15 is 0 Å². The quantitative estimate of drug-likeness (QED) is 0.791. The van der Waals surface area contributed by atoms with Crippen LogP contribution in [0.25, 0.3) is 0 Å². The highest BCUT2D eigenvalue weighted by atomic mass is 35.5. The van der Waals surface area contributed by atoms with E-state index in [0.29, 0.717) is 18.3 Å². The molecule has 6 heteroatoms. The second-order valence-corrected chi connectivity index (χ2v) is 7.48. The average molecular weight is 402 g/mol. The van der Waals surface area contributed by atoms with Gasteiger partial charge in [0.2, 0.25) is 5.91 Å². The summed E-state index contributed by atoms with van der Waals surface area (Å²) < 4.78 is 0. The van der Waals surface area contributed by atoms with Crippen LogP contribution in [0.1, 0.15) is 39.0 Å². The van der Waals surface area contributed by atoms with E-state index in [9.17, 15) is 4.79 Å². The molecule has 0 saturated carbocycles. The van der Waals surface area contributed by atoms with E-state index < -0.39 is 0 Å². The van der Waals surface area contributed by atoms with Crippen LogP contribution in [0.5, 0.6) is 0 Å². The summed E-state index contributed by atoms with van der Waals surface area (Å²) in [5.41, 5.74) is 1.26. The van der Waals surface area contributed by atoms with Crippen LogP contribution in [0, 0.1) is 11.8 Å². The van der Waals surface area contributed by atoms with Crippen LogP contribution in [0.2, 0.25) is 0 Å². The third-order valence-corrected chi connectivity index (χ3v) is 5.55. The molecule has 3 rings (SSSR count). The van der Waals surface area contributed by atoms with Crippen LogP contribution in [-0.4, -0.2) is 38.1 Å². The summed E-state index contributed by atoms with van der Waals surface area (Å²) in [7, 11) is 0. The van der Waals surface area contributed by atoms with Gasteiger partial charge in [0, 0.05) is 31.2 Å². The standard InChI is InChI=1S/C20H31N3O.2ClH/c1-16(17-7-5-11-21-14-17)13-20(24)22-18-8-6-12-23(15-18)19-9-3-2-4-10-19;;/h2-4,9-10,16-18,21H,5-8,11-15H2,1H3,(H,22,24);2*1H. The van der Waals surface area contributed by atoms with Gasteiger partial charge in [0.1, 0.15) is 0 Å². The number of hydrogen-bond donors (Lipinski definition) is 2. The molecule has 2 aliphatic rings. The predicted molar refractivity (Wildman–Crippen MR) is 114 cm³/mol. The van der Waals surface area contributed by atoms with Crippen LogP contribution in [0.4, 0.5) is 5.69 Å². The van der Waals surface area contributed by atoms with Gasteiger partial charge in [-0.3, -0.25) is 4.79 Å². The Kier molecular flexibility index (Phi) is 10.4. The van der Waals surface area contributed by atoms with Crippen molar-refractivity contribution in [3.8, 4) is 0 Å². The highest BCUT2D eigenvalue weighted by Gasteiger charge is 2.25. The Morgan fingerprint density at radius 3 is 2.69 bits per heavy atom. The first-order chi connectivity index (χ1) is 11.7. The van der Waals surface area contributed by atoms with Crippen molar-refractivity contribution in [2.75, 3.05) is 31.1 Å². The molecular weight excluding hydrogens is 369 g/mol. The monoisotopic (exact) mass is 401 g/mol. The van der Waals surface area contributed by atoms with Crippen molar-refractivity contribution in [3.63, 3.8) is 0 Å². The van der Waals surface area contributed by atoms with E-state index in [1.54, 1.807) is 0 Å². The summed E-state index contributed by atoms with van der Waals surface area (Å²) in [6.45, 7) is 6.44. The number of nitrogens with zero attached hydrogens (tertiary/aromatic N) is 1. The van der Waals surface area contributed by atoms with Gasteiger partial charge in [-0.05, 0) is 62.7 Å². The summed E-state index contributed by atoms with van der Waals surface area (Å²) in [6, 6.07) is 10.8. The fourth-order valence-electron chi connectivity index (χ4n) is 4.08. The minimum absolute atomic E-state index is 0. The normalized spacial score (nSPS) is 24.0. The van der Waals surface area contributed by atoms with E-state index in [-0.39, 0.29) is 36.8 Å². The molecule has 148 valence electrons. The van der Waals surface area contributed by atoms with Gasteiger partial charge in [-0.2, -0.15) is 0 Å². The Hall–Kier alpha value is -0.970. The van der Waals surface area contributed by atoms with Crippen molar-refractivity contribution in [1.82, 2.24) is 10.6 Å². The molecule has 0 aliphatic carbocycles. The molecule has 1 amide bonds. The number of rotatable bonds is 5. The first-order valence-electron chi connectivity index (χ1n) is 9.52. The largest absolute Gasteiger partial charge is 0.369 e. The van der Waals surface area contributed by atoms with E-state index in [4.69, 9.17) is 0 Å². The van der Waals surface area contributed by atoms with Gasteiger partial charge >= 0.3 is 0 Å². The van der Waals surface area contributed by atoms with E-state index in [1.807, 2.05) is 6.07 Å². The second kappa shape index (κ2) is 11.7. The maximum Gasteiger partial charge on any atom is 0.220 e. The van der Waals surface area contributed by atoms with E-state index in [1.165, 1.54) is 18.5 Å². The molecule has 26 heavy (non-hydrogen) atoms. The molecule has 0 spiro atoms. The molecule has 0 radical (unpaired) electrons. The lowest BCUT2D eigenvalue weighted by Crippen LogP contribution is -2.48. The highest BCUT2D eigenvalue weighted by molar-refractivity contribution is 5.85. The molecule has 2 saturated heterocycles. The number of amides is 1. The highest BCUT2D eigenvalue weighted by Crippen LogP contribution is 2.23. The van der Waals surface area contributed by atoms with Crippen molar-refractivity contribution in [2.24, 2.45) is 11.8 Å². The van der Waals surface area contributed by atoms with Gasteiger partial charge in [0.15, 0.2) is 0 Å². The fraction of sp³-hybridized carbons (Fsp3) is 0.650. The molecule has 2 aliphatic heterocycles. The summed E-state index contributed by atoms with van der Waals surface area (Å²) in [5.74, 6) is 1.34. The van der Waals surface area contributed by atoms with Crippen LogP contribution in [0.15, 0.2) is 30.3 Å². The minimum Gasteiger partial charge on any atom is -0.369 e. The molecule has 1 aromatic carbocycles. The molecule has 2 fully saturated rings. The second-order valence-electron chi connectivity index (χ2n) is 7.48. The molecule has 0 bridgehead atoms. The van der Waals surface area contributed by atoms with Crippen molar-refractivity contribution >= 4 is 36.4 Å².